The molecule has 0 heterocycles. The van der Waals surface area contributed by atoms with Gasteiger partial charge in [0.15, 0.2) is 0 Å². The summed E-state index contributed by atoms with van der Waals surface area (Å²) in [6.45, 7) is 2.21. The van der Waals surface area contributed by atoms with E-state index < -0.39 is 10.1 Å². The number of unbranched alkanes of at least 4 members (excludes halogenated alkanes) is 8. The van der Waals surface area contributed by atoms with Gasteiger partial charge in [0.2, 0.25) is 0 Å². The van der Waals surface area contributed by atoms with Crippen LogP contribution in [0.3, 0.4) is 0 Å². The third kappa shape index (κ3) is 19.8. The van der Waals surface area contributed by atoms with Gasteiger partial charge in [0.1, 0.15) is 0 Å². The summed E-state index contributed by atoms with van der Waals surface area (Å²) in [5.41, 5.74) is 0. The molecule has 3 nitrogen and oxygen atoms in total. The van der Waals surface area contributed by atoms with Gasteiger partial charge in [-0.3, -0.25) is 4.55 Å². The van der Waals surface area contributed by atoms with Crippen LogP contribution < -0.4 is 51.4 Å². The molecule has 0 radical (unpaired) electrons. The summed E-state index contributed by atoms with van der Waals surface area (Å²) in [4.78, 5) is 0. The van der Waals surface area contributed by atoms with Crippen LogP contribution in [0, 0.1) is 0 Å². The Morgan fingerprint density at radius 1 is 1.00 bits per heavy atom. The van der Waals surface area contributed by atoms with Crippen LogP contribution in [0.5, 0.6) is 0 Å². The molecule has 1 N–H and O–H groups in total. The molecule has 98 valence electrons. The molecular weight excluding hydrogens is 263 g/mol. The molecule has 0 saturated heterocycles. The first-order valence-corrected chi connectivity index (χ1v) is 7.70. The molecule has 17 heavy (non-hydrogen) atoms. The van der Waals surface area contributed by atoms with Crippen molar-refractivity contribution in [1.29, 1.82) is 0 Å². The molecule has 0 bridgehead atoms. The van der Waals surface area contributed by atoms with E-state index in [9.17, 15) is 8.42 Å². The van der Waals surface area contributed by atoms with E-state index >= 15 is 0 Å². The Bertz CT molecular complexity index is 279. The van der Waals surface area contributed by atoms with Crippen molar-refractivity contribution < 1.29 is 65.8 Å². The third-order valence-corrected chi connectivity index (χ3v) is 3.03. The number of allylic oxidation sites excluding steroid dienone is 1. The van der Waals surface area contributed by atoms with E-state index in [4.69, 9.17) is 4.55 Å². The smallest absolute Gasteiger partial charge is 1.00 e. The molecule has 0 atom stereocenters. The summed E-state index contributed by atoms with van der Waals surface area (Å²) in [7, 11) is -3.91. The van der Waals surface area contributed by atoms with E-state index in [1.807, 2.05) is 0 Å². The monoisotopic (exact) mass is 288 g/mol. The fourth-order valence-corrected chi connectivity index (χ4v) is 1.96. The van der Waals surface area contributed by atoms with Crippen LogP contribution in [0.25, 0.3) is 0 Å². The van der Waals surface area contributed by atoms with Crippen molar-refractivity contribution in [2.24, 2.45) is 0 Å². The van der Waals surface area contributed by atoms with Crippen molar-refractivity contribution in [3.8, 4) is 0 Å². The zero-order valence-corrected chi connectivity index (χ0v) is 15.1. The molecule has 0 spiro atoms. The van der Waals surface area contributed by atoms with E-state index in [1.54, 1.807) is 0 Å². The predicted molar refractivity (Wildman–Crippen MR) is 69.0 cm³/mol. The zero-order chi connectivity index (χ0) is 12.3. The van der Waals surface area contributed by atoms with Gasteiger partial charge >= 0.3 is 51.4 Å². The Morgan fingerprint density at radius 2 is 1.47 bits per heavy atom. The van der Waals surface area contributed by atoms with Gasteiger partial charge in [-0.2, -0.15) is 8.42 Å². The minimum Gasteiger partial charge on any atom is -1.00 e. The van der Waals surface area contributed by atoms with Gasteiger partial charge in [-0.15, -0.1) is 0 Å². The van der Waals surface area contributed by atoms with E-state index in [0.29, 0.717) is 0 Å². The summed E-state index contributed by atoms with van der Waals surface area (Å²) < 4.78 is 29.1. The molecule has 0 saturated carbocycles. The molecule has 5 heteroatoms. The summed E-state index contributed by atoms with van der Waals surface area (Å²) >= 11 is 0. The zero-order valence-electron chi connectivity index (χ0n) is 12.2. The second kappa shape index (κ2) is 13.7. The van der Waals surface area contributed by atoms with Crippen LogP contribution in [0.4, 0.5) is 0 Å². The van der Waals surface area contributed by atoms with Crippen LogP contribution >= 0.6 is 0 Å². The van der Waals surface area contributed by atoms with E-state index in [2.05, 4.69) is 6.92 Å². The summed E-state index contributed by atoms with van der Waals surface area (Å²) in [5.74, 6) is 0. The summed E-state index contributed by atoms with van der Waals surface area (Å²) in [5, 5.41) is 0.869. The van der Waals surface area contributed by atoms with Crippen LogP contribution in [0.1, 0.15) is 66.1 Å². The molecule has 0 fully saturated rings. The molecule has 0 aromatic rings. The second-order valence-corrected chi connectivity index (χ2v) is 5.45. The predicted octanol–water partition coefficient (Wildman–Crippen LogP) is 1.04. The van der Waals surface area contributed by atoms with Crippen molar-refractivity contribution in [2.75, 3.05) is 0 Å². The van der Waals surface area contributed by atoms with Gasteiger partial charge in [-0.05, 0) is 12.8 Å². The van der Waals surface area contributed by atoms with Crippen molar-refractivity contribution in [3.63, 3.8) is 0 Å². The van der Waals surface area contributed by atoms with Gasteiger partial charge < -0.3 is 1.43 Å². The van der Waals surface area contributed by atoms with Crippen LogP contribution in [0.15, 0.2) is 11.5 Å². The van der Waals surface area contributed by atoms with E-state index in [-0.39, 0.29) is 52.8 Å². The average Bonchev–Trinajstić information content (AvgIpc) is 2.19. The van der Waals surface area contributed by atoms with Crippen molar-refractivity contribution >= 4 is 10.1 Å². The first kappa shape index (κ1) is 20.6. The van der Waals surface area contributed by atoms with Crippen molar-refractivity contribution in [1.82, 2.24) is 0 Å². The fourth-order valence-electron chi connectivity index (χ4n) is 1.59. The van der Waals surface area contributed by atoms with Crippen LogP contribution in [-0.2, 0) is 10.1 Å². The molecule has 0 aromatic heterocycles. The molecule has 0 aromatic carbocycles. The number of rotatable bonds is 10. The first-order chi connectivity index (χ1) is 7.56. The molecule has 0 amide bonds. The Labute approximate surface area is 150 Å². The van der Waals surface area contributed by atoms with Crippen molar-refractivity contribution in [2.45, 2.75) is 64.7 Å². The standard InChI is InChI=1S/C12H24O3S.K.H/c1-2-3-4-5-6-7-8-9-10-11-12-16(13,14)15;;/h11-12H,2-10H2,1H3,(H,13,14,15);;/q;+1;-1. The third-order valence-electron chi connectivity index (χ3n) is 2.49. The Balaban J connectivity index is -0.00000112. The molecule has 0 aliphatic rings. The SMILES string of the molecule is CCCCCCCCCCC=CS(=O)(=O)O.[H-].[K+]. The molecule has 0 unspecified atom stereocenters. The maximum Gasteiger partial charge on any atom is 1.00 e. The summed E-state index contributed by atoms with van der Waals surface area (Å²) in [6, 6.07) is 0. The van der Waals surface area contributed by atoms with Gasteiger partial charge in [0.25, 0.3) is 10.1 Å². The van der Waals surface area contributed by atoms with Crippen molar-refractivity contribution in [3.05, 3.63) is 11.5 Å². The molecular formula is C12H25KO3S. The van der Waals surface area contributed by atoms with Gasteiger partial charge in [0, 0.05) is 0 Å². The van der Waals surface area contributed by atoms with Gasteiger partial charge in [-0.1, -0.05) is 57.9 Å². The average molecular weight is 288 g/mol. The number of hydrogen-bond donors (Lipinski definition) is 1. The van der Waals surface area contributed by atoms with E-state index in [0.717, 1.165) is 24.7 Å². The molecule has 0 aliphatic heterocycles. The fraction of sp³-hybridized carbons (Fsp3) is 0.833. The normalized spacial score (nSPS) is 11.6. The Hall–Kier alpha value is 1.29. The second-order valence-electron chi connectivity index (χ2n) is 4.15. The molecule has 0 aliphatic carbocycles. The van der Waals surface area contributed by atoms with Gasteiger partial charge in [0.05, 0.1) is 5.41 Å². The van der Waals surface area contributed by atoms with Gasteiger partial charge in [-0.25, -0.2) is 0 Å². The number of hydrogen-bond acceptors (Lipinski definition) is 2. The van der Waals surface area contributed by atoms with E-state index in [1.165, 1.54) is 44.6 Å². The van der Waals surface area contributed by atoms with Crippen LogP contribution in [-0.4, -0.2) is 13.0 Å². The largest absolute Gasteiger partial charge is 1.00 e. The Morgan fingerprint density at radius 3 is 1.94 bits per heavy atom. The topological polar surface area (TPSA) is 54.4 Å². The maximum atomic E-state index is 10.3. The quantitative estimate of drug-likeness (QED) is 0.371. The summed E-state index contributed by atoms with van der Waals surface area (Å²) in [6.07, 6.45) is 12.2. The minimum absolute atomic E-state index is 0. The van der Waals surface area contributed by atoms with Crippen LogP contribution in [0.2, 0.25) is 0 Å². The minimum atomic E-state index is -3.91. The first-order valence-electron chi connectivity index (χ1n) is 6.20. The maximum absolute atomic E-state index is 10.3. The molecule has 0 rings (SSSR count). The Kier molecular flexibility index (Phi) is 16.6.